The fourth-order valence-corrected chi connectivity index (χ4v) is 2.52. The Morgan fingerprint density at radius 1 is 0.800 bits per heavy atom. The summed E-state index contributed by atoms with van der Waals surface area (Å²) in [7, 11) is 1.69. The summed E-state index contributed by atoms with van der Waals surface area (Å²) in [5.74, 6) is 1.10. The van der Waals surface area contributed by atoms with Gasteiger partial charge in [0, 0.05) is 17.8 Å². The summed E-state index contributed by atoms with van der Waals surface area (Å²) >= 11 is 0. The second-order valence-electron chi connectivity index (χ2n) is 4.74. The molecule has 2 nitrogen and oxygen atoms in total. The number of nitrogens with one attached hydrogen (secondary N) is 1. The number of ether oxygens (including phenoxy) is 1. The van der Waals surface area contributed by atoms with Gasteiger partial charge in [0.05, 0.1) is 7.11 Å². The molecule has 3 aromatic rings. The van der Waals surface area contributed by atoms with E-state index < -0.39 is 0 Å². The van der Waals surface area contributed by atoms with Crippen molar-refractivity contribution in [3.63, 3.8) is 0 Å². The first-order chi connectivity index (χ1) is 9.88. The molecule has 0 fully saturated rings. The topological polar surface area (TPSA) is 25.0 Å². The monoisotopic (exact) mass is 263 g/mol. The van der Waals surface area contributed by atoms with Crippen LogP contribution in [0, 0.1) is 0 Å². The molecule has 0 aliphatic heterocycles. The van der Waals surface area contributed by atoms with Crippen molar-refractivity contribution in [3.8, 4) is 5.75 Å². The Labute approximate surface area is 119 Å². The molecule has 0 saturated carbocycles. The van der Waals surface area contributed by atoms with E-state index in [1.54, 1.807) is 7.11 Å². The van der Waals surface area contributed by atoms with E-state index >= 15 is 0 Å². The predicted octanol–water partition coefficient (Wildman–Crippen LogP) is 4.20. The van der Waals surface area contributed by atoms with Gasteiger partial charge in [-0.25, -0.2) is 0 Å². The van der Waals surface area contributed by atoms with E-state index in [1.807, 2.05) is 30.5 Å². The summed E-state index contributed by atoms with van der Waals surface area (Å²) in [4.78, 5) is 3.33. The molecule has 1 aromatic heterocycles. The molecule has 0 saturated heterocycles. The molecule has 1 atom stereocenters. The molecule has 0 aliphatic rings. The van der Waals surface area contributed by atoms with E-state index in [0.717, 1.165) is 5.75 Å². The summed E-state index contributed by atoms with van der Waals surface area (Å²) in [6.07, 6.45) is 1.97. The van der Waals surface area contributed by atoms with E-state index in [9.17, 15) is 0 Å². The Balaban J connectivity index is 2.05. The van der Waals surface area contributed by atoms with Crippen molar-refractivity contribution in [1.82, 2.24) is 4.98 Å². The number of aromatic nitrogens is 1. The lowest BCUT2D eigenvalue weighted by molar-refractivity contribution is 0.414. The van der Waals surface area contributed by atoms with E-state index in [0.29, 0.717) is 0 Å². The Bertz CT molecular complexity index is 642. The van der Waals surface area contributed by atoms with Crippen LogP contribution < -0.4 is 4.74 Å². The molecule has 20 heavy (non-hydrogen) atoms. The Morgan fingerprint density at radius 2 is 1.50 bits per heavy atom. The van der Waals surface area contributed by atoms with Crippen LogP contribution in [-0.2, 0) is 0 Å². The van der Waals surface area contributed by atoms with Crippen LogP contribution in [-0.4, -0.2) is 12.1 Å². The van der Waals surface area contributed by atoms with Gasteiger partial charge in [0.15, 0.2) is 0 Å². The van der Waals surface area contributed by atoms with Crippen LogP contribution in [0.5, 0.6) is 5.75 Å². The lowest BCUT2D eigenvalue weighted by atomic mass is 9.88. The smallest absolute Gasteiger partial charge is 0.118 e. The number of methoxy groups -OCH3 is 1. The highest BCUT2D eigenvalue weighted by Crippen LogP contribution is 2.31. The number of hydrogen-bond acceptors (Lipinski definition) is 1. The van der Waals surface area contributed by atoms with Crippen LogP contribution in [0.1, 0.15) is 22.7 Å². The average molecular weight is 263 g/mol. The maximum atomic E-state index is 5.24. The Hall–Kier alpha value is -2.48. The highest BCUT2D eigenvalue weighted by molar-refractivity contribution is 5.42. The van der Waals surface area contributed by atoms with E-state index in [2.05, 4.69) is 47.4 Å². The van der Waals surface area contributed by atoms with Gasteiger partial charge in [0.1, 0.15) is 5.75 Å². The van der Waals surface area contributed by atoms with Crippen molar-refractivity contribution >= 4 is 0 Å². The average Bonchev–Trinajstić information content (AvgIpc) is 3.03. The van der Waals surface area contributed by atoms with E-state index in [1.165, 1.54) is 16.8 Å². The van der Waals surface area contributed by atoms with Gasteiger partial charge in [-0.1, -0.05) is 42.5 Å². The molecule has 2 aromatic carbocycles. The van der Waals surface area contributed by atoms with Crippen molar-refractivity contribution in [2.75, 3.05) is 7.11 Å². The second kappa shape index (κ2) is 5.66. The number of H-pyrrole nitrogens is 1. The Morgan fingerprint density at radius 3 is 2.10 bits per heavy atom. The maximum Gasteiger partial charge on any atom is 0.118 e. The number of benzene rings is 2. The minimum Gasteiger partial charge on any atom is -0.497 e. The van der Waals surface area contributed by atoms with Gasteiger partial charge in [0.25, 0.3) is 0 Å². The quantitative estimate of drug-likeness (QED) is 0.749. The van der Waals surface area contributed by atoms with Gasteiger partial charge in [-0.2, -0.15) is 0 Å². The lowest BCUT2D eigenvalue weighted by Gasteiger charge is -2.17. The van der Waals surface area contributed by atoms with Crippen molar-refractivity contribution in [3.05, 3.63) is 89.7 Å². The van der Waals surface area contributed by atoms with Gasteiger partial charge in [-0.3, -0.25) is 0 Å². The van der Waals surface area contributed by atoms with Gasteiger partial charge in [0.2, 0.25) is 0 Å². The van der Waals surface area contributed by atoms with Gasteiger partial charge >= 0.3 is 0 Å². The molecule has 0 amide bonds. The van der Waals surface area contributed by atoms with E-state index in [-0.39, 0.29) is 5.92 Å². The lowest BCUT2D eigenvalue weighted by Crippen LogP contribution is -2.03. The highest BCUT2D eigenvalue weighted by atomic mass is 16.5. The first kappa shape index (κ1) is 12.5. The van der Waals surface area contributed by atoms with Crippen molar-refractivity contribution in [1.29, 1.82) is 0 Å². The molecule has 0 spiro atoms. The van der Waals surface area contributed by atoms with Crippen LogP contribution in [0.2, 0.25) is 0 Å². The van der Waals surface area contributed by atoms with Gasteiger partial charge in [-0.05, 0) is 35.4 Å². The predicted molar refractivity (Wildman–Crippen MR) is 81.2 cm³/mol. The second-order valence-corrected chi connectivity index (χ2v) is 4.74. The molecular weight excluding hydrogens is 246 g/mol. The summed E-state index contributed by atoms with van der Waals surface area (Å²) in [6.45, 7) is 0. The van der Waals surface area contributed by atoms with Crippen molar-refractivity contribution in [2.24, 2.45) is 0 Å². The zero-order valence-electron chi connectivity index (χ0n) is 11.4. The molecule has 0 bridgehead atoms. The normalized spacial score (nSPS) is 12.1. The standard InChI is InChI=1S/C18H17NO/c1-20-16-11-9-15(10-12-16)18(17-8-5-13-19-17)14-6-3-2-4-7-14/h2-13,18-19H,1H3. The minimum atomic E-state index is 0.220. The summed E-state index contributed by atoms with van der Waals surface area (Å²) in [5, 5.41) is 0. The van der Waals surface area contributed by atoms with Crippen LogP contribution in [0.4, 0.5) is 0 Å². The van der Waals surface area contributed by atoms with Crippen LogP contribution in [0.3, 0.4) is 0 Å². The zero-order chi connectivity index (χ0) is 13.8. The molecule has 100 valence electrons. The number of rotatable bonds is 4. The molecule has 1 N–H and O–H groups in total. The fraction of sp³-hybridized carbons (Fsp3) is 0.111. The van der Waals surface area contributed by atoms with Gasteiger partial charge in [-0.15, -0.1) is 0 Å². The fourth-order valence-electron chi connectivity index (χ4n) is 2.52. The molecular formula is C18H17NO. The third-order valence-electron chi connectivity index (χ3n) is 3.52. The Kier molecular flexibility index (Phi) is 3.55. The number of aromatic amines is 1. The minimum absolute atomic E-state index is 0.220. The van der Waals surface area contributed by atoms with Crippen molar-refractivity contribution < 1.29 is 4.74 Å². The van der Waals surface area contributed by atoms with Crippen LogP contribution in [0.15, 0.2) is 72.9 Å². The third-order valence-corrected chi connectivity index (χ3v) is 3.52. The SMILES string of the molecule is COc1ccc(C(c2ccccc2)c2ccc[nH]2)cc1. The molecule has 0 radical (unpaired) electrons. The molecule has 0 aliphatic carbocycles. The van der Waals surface area contributed by atoms with E-state index in [4.69, 9.17) is 4.74 Å². The first-order valence-corrected chi connectivity index (χ1v) is 6.70. The van der Waals surface area contributed by atoms with Gasteiger partial charge < -0.3 is 9.72 Å². The van der Waals surface area contributed by atoms with Crippen LogP contribution in [0.25, 0.3) is 0 Å². The molecule has 2 heteroatoms. The maximum absolute atomic E-state index is 5.24. The summed E-state index contributed by atoms with van der Waals surface area (Å²) < 4.78 is 5.24. The third kappa shape index (κ3) is 2.45. The molecule has 1 heterocycles. The summed E-state index contributed by atoms with van der Waals surface area (Å²) in [6, 6.07) is 23.0. The van der Waals surface area contributed by atoms with Crippen molar-refractivity contribution in [2.45, 2.75) is 5.92 Å². The molecule has 3 rings (SSSR count). The largest absolute Gasteiger partial charge is 0.497 e. The van der Waals surface area contributed by atoms with Crippen LogP contribution >= 0.6 is 0 Å². The molecule has 1 unspecified atom stereocenters. The summed E-state index contributed by atoms with van der Waals surface area (Å²) in [5.41, 5.74) is 3.72. The zero-order valence-corrected chi connectivity index (χ0v) is 11.4. The highest BCUT2D eigenvalue weighted by Gasteiger charge is 2.17. The first-order valence-electron chi connectivity index (χ1n) is 6.70. The number of hydrogen-bond donors (Lipinski definition) is 1.